The summed E-state index contributed by atoms with van der Waals surface area (Å²) in [4.78, 5) is 21.8. The fraction of sp³-hybridized carbons (Fsp3) is 0.833. The molecule has 0 bridgehead atoms. The van der Waals surface area contributed by atoms with E-state index in [1.54, 1.807) is 0 Å². The van der Waals surface area contributed by atoms with E-state index in [1.807, 2.05) is 11.9 Å². The number of hydrogen-bond donors (Lipinski definition) is 2. The number of amidine groups is 1. The monoisotopic (exact) mass is 464 g/mol. The van der Waals surface area contributed by atoms with E-state index in [-0.39, 0.29) is 11.7 Å². The summed E-state index contributed by atoms with van der Waals surface area (Å²) in [5.41, 5.74) is 5.75. The third-order valence-corrected chi connectivity index (χ3v) is 8.01. The predicted octanol–water partition coefficient (Wildman–Crippen LogP) is 1.74. The fourth-order valence-corrected chi connectivity index (χ4v) is 5.68. The zero-order valence-electron chi connectivity index (χ0n) is 20.3. The molecule has 4 aliphatic rings. The molecule has 0 unspecified atom stereocenters. The largest absolute Gasteiger partial charge is 0.380 e. The molecule has 0 aromatic heterocycles. The van der Waals surface area contributed by atoms with Crippen LogP contribution in [-0.4, -0.2) is 92.6 Å². The van der Waals surface area contributed by atoms with Gasteiger partial charge in [-0.1, -0.05) is 0 Å². The Morgan fingerprint density at radius 3 is 2.52 bits per heavy atom. The number of nitrogens with one attached hydrogen (secondary N) is 1. The number of aliphatic imine (C=N–C) groups is 1. The smallest absolute Gasteiger partial charge is 0.231 e. The molecule has 0 radical (unpaired) electrons. The van der Waals surface area contributed by atoms with E-state index in [9.17, 15) is 4.79 Å². The van der Waals surface area contributed by atoms with Crippen molar-refractivity contribution in [1.29, 1.82) is 0 Å². The average Bonchev–Trinajstić information content (AvgIpc) is 2.78. The second-order valence-corrected chi connectivity index (χ2v) is 10.5. The summed E-state index contributed by atoms with van der Waals surface area (Å²) in [5.74, 6) is 1.58. The molecule has 0 atom stereocenters. The Balaban J connectivity index is 1.31. The number of ether oxygens (including phenoxy) is 1. The minimum atomic E-state index is -0.278. The Bertz CT molecular complexity index is 750. The SMILES string of the molecule is CCN(CC1CCC2(CC1)COC2)C1=NCN(C)C(NCC2CCN(CC(N)=O)CC2)=C1F. The second kappa shape index (κ2) is 10.6. The molecule has 0 aromatic carbocycles. The lowest BCUT2D eigenvalue weighted by molar-refractivity contribution is -0.136. The highest BCUT2D eigenvalue weighted by Gasteiger charge is 2.42. The van der Waals surface area contributed by atoms with Gasteiger partial charge < -0.3 is 25.6 Å². The number of piperidine rings is 1. The number of primary amides is 1. The number of carbonyl (C=O) groups is 1. The van der Waals surface area contributed by atoms with Crippen molar-refractivity contribution >= 4 is 11.7 Å². The van der Waals surface area contributed by atoms with Crippen LogP contribution in [0.15, 0.2) is 16.6 Å². The van der Waals surface area contributed by atoms with Gasteiger partial charge in [0.25, 0.3) is 0 Å². The molecule has 3 N–H and O–H groups in total. The Kier molecular flexibility index (Phi) is 7.79. The van der Waals surface area contributed by atoms with Gasteiger partial charge in [-0.15, -0.1) is 0 Å². The van der Waals surface area contributed by atoms with E-state index in [2.05, 4.69) is 27.0 Å². The van der Waals surface area contributed by atoms with Gasteiger partial charge in [-0.2, -0.15) is 4.39 Å². The maximum atomic E-state index is 15.6. The van der Waals surface area contributed by atoms with Crippen LogP contribution in [0.3, 0.4) is 0 Å². The molecule has 4 rings (SSSR count). The summed E-state index contributed by atoms with van der Waals surface area (Å²) < 4.78 is 21.1. The van der Waals surface area contributed by atoms with Gasteiger partial charge in [-0.3, -0.25) is 9.69 Å². The molecule has 1 spiro atoms. The van der Waals surface area contributed by atoms with Gasteiger partial charge in [-0.25, -0.2) is 4.99 Å². The van der Waals surface area contributed by atoms with Gasteiger partial charge in [0.1, 0.15) is 12.5 Å². The van der Waals surface area contributed by atoms with E-state index >= 15 is 4.39 Å². The van der Waals surface area contributed by atoms with Crippen molar-refractivity contribution in [2.75, 3.05) is 66.2 Å². The number of carbonyl (C=O) groups excluding carboxylic acids is 1. The molecular weight excluding hydrogens is 423 g/mol. The van der Waals surface area contributed by atoms with E-state index in [1.165, 1.54) is 25.7 Å². The van der Waals surface area contributed by atoms with Crippen LogP contribution in [0.2, 0.25) is 0 Å². The van der Waals surface area contributed by atoms with E-state index in [4.69, 9.17) is 10.5 Å². The topological polar surface area (TPSA) is 86.4 Å². The quantitative estimate of drug-likeness (QED) is 0.569. The van der Waals surface area contributed by atoms with Crippen LogP contribution >= 0.6 is 0 Å². The summed E-state index contributed by atoms with van der Waals surface area (Å²) in [7, 11) is 1.88. The van der Waals surface area contributed by atoms with Crippen molar-refractivity contribution in [3.63, 3.8) is 0 Å². The number of nitrogens with two attached hydrogens (primary N) is 1. The summed E-state index contributed by atoms with van der Waals surface area (Å²) in [5, 5.41) is 3.38. The summed E-state index contributed by atoms with van der Waals surface area (Å²) in [6.07, 6.45) is 6.81. The van der Waals surface area contributed by atoms with E-state index in [0.29, 0.717) is 42.1 Å². The lowest BCUT2D eigenvalue weighted by atomic mass is 9.69. The molecule has 9 heteroatoms. The Hall–Kier alpha value is -1.87. The minimum Gasteiger partial charge on any atom is -0.380 e. The highest BCUT2D eigenvalue weighted by atomic mass is 19.1. The van der Waals surface area contributed by atoms with Gasteiger partial charge in [-0.05, 0) is 70.4 Å². The number of nitrogens with zero attached hydrogens (tertiary/aromatic N) is 4. The number of halogens is 1. The molecular formula is C24H41FN6O2. The van der Waals surface area contributed by atoms with Gasteiger partial charge in [0.2, 0.25) is 11.7 Å². The first-order chi connectivity index (χ1) is 15.9. The molecule has 1 aliphatic carbocycles. The molecule has 186 valence electrons. The maximum absolute atomic E-state index is 15.6. The third kappa shape index (κ3) is 5.80. The molecule has 3 fully saturated rings. The van der Waals surface area contributed by atoms with Crippen molar-refractivity contribution in [2.45, 2.75) is 45.4 Å². The minimum absolute atomic E-state index is 0.239. The molecule has 3 heterocycles. The molecule has 1 saturated carbocycles. The fourth-order valence-electron chi connectivity index (χ4n) is 5.68. The number of rotatable bonds is 8. The highest BCUT2D eigenvalue weighted by Crippen LogP contribution is 2.44. The Morgan fingerprint density at radius 2 is 1.94 bits per heavy atom. The predicted molar refractivity (Wildman–Crippen MR) is 127 cm³/mol. The molecule has 8 nitrogen and oxygen atoms in total. The van der Waals surface area contributed by atoms with Crippen LogP contribution in [0.1, 0.15) is 45.4 Å². The highest BCUT2D eigenvalue weighted by molar-refractivity contribution is 5.97. The van der Waals surface area contributed by atoms with Crippen molar-refractivity contribution in [3.05, 3.63) is 11.6 Å². The van der Waals surface area contributed by atoms with Crippen molar-refractivity contribution < 1.29 is 13.9 Å². The van der Waals surface area contributed by atoms with Crippen molar-refractivity contribution in [3.8, 4) is 0 Å². The van der Waals surface area contributed by atoms with Crippen LogP contribution in [0.25, 0.3) is 0 Å². The van der Waals surface area contributed by atoms with Crippen LogP contribution in [0, 0.1) is 17.3 Å². The summed E-state index contributed by atoms with van der Waals surface area (Å²) >= 11 is 0. The van der Waals surface area contributed by atoms with Crippen molar-refractivity contribution in [1.82, 2.24) is 20.0 Å². The van der Waals surface area contributed by atoms with Gasteiger partial charge in [0, 0.05) is 32.1 Å². The van der Waals surface area contributed by atoms with Crippen LogP contribution in [0.5, 0.6) is 0 Å². The van der Waals surface area contributed by atoms with Crippen LogP contribution in [-0.2, 0) is 9.53 Å². The third-order valence-electron chi connectivity index (χ3n) is 8.01. The van der Waals surface area contributed by atoms with Gasteiger partial charge in [0.05, 0.1) is 19.8 Å². The van der Waals surface area contributed by atoms with Gasteiger partial charge in [0.15, 0.2) is 5.84 Å². The lowest BCUT2D eigenvalue weighted by Gasteiger charge is -2.47. The van der Waals surface area contributed by atoms with Crippen LogP contribution in [0.4, 0.5) is 4.39 Å². The molecule has 2 saturated heterocycles. The summed E-state index contributed by atoms with van der Waals surface area (Å²) in [6, 6.07) is 0. The Morgan fingerprint density at radius 1 is 1.24 bits per heavy atom. The normalized spacial score (nSPS) is 24.6. The second-order valence-electron chi connectivity index (χ2n) is 10.5. The zero-order valence-corrected chi connectivity index (χ0v) is 20.3. The van der Waals surface area contributed by atoms with E-state index in [0.717, 1.165) is 58.8 Å². The maximum Gasteiger partial charge on any atom is 0.231 e. The van der Waals surface area contributed by atoms with Gasteiger partial charge >= 0.3 is 0 Å². The molecule has 1 amide bonds. The number of amides is 1. The first kappa shape index (κ1) is 24.3. The lowest BCUT2D eigenvalue weighted by Crippen LogP contribution is -2.47. The molecule has 3 aliphatic heterocycles. The molecule has 33 heavy (non-hydrogen) atoms. The number of likely N-dealkylation sites (N-methyl/N-ethyl adjacent to an activating group) is 1. The molecule has 0 aromatic rings. The number of likely N-dealkylation sites (tertiary alicyclic amines) is 1. The standard InChI is InChI=1S/C24H41FN6O2/c1-3-31(13-19-4-8-24(9-5-19)15-33-16-24)23-21(25)22(29(2)17-28-23)27-12-18-6-10-30(11-7-18)14-20(26)32/h18-19,27H,3-17H2,1-2H3,(H2,26,32). The zero-order chi connectivity index (χ0) is 23.4. The van der Waals surface area contributed by atoms with E-state index < -0.39 is 0 Å². The first-order valence-corrected chi connectivity index (χ1v) is 12.6. The van der Waals surface area contributed by atoms with Crippen molar-refractivity contribution in [2.24, 2.45) is 28.0 Å². The number of hydrogen-bond acceptors (Lipinski definition) is 7. The summed E-state index contributed by atoms with van der Waals surface area (Å²) in [6.45, 7) is 8.79. The Labute approximate surface area is 197 Å². The first-order valence-electron chi connectivity index (χ1n) is 12.6. The average molecular weight is 465 g/mol. The van der Waals surface area contributed by atoms with Crippen LogP contribution < -0.4 is 11.1 Å².